The molecule has 0 bridgehead atoms. The summed E-state index contributed by atoms with van der Waals surface area (Å²) in [5.74, 6) is 2.12. The molecule has 2 aromatic heterocycles. The Labute approximate surface area is 155 Å². The highest BCUT2D eigenvalue weighted by Gasteiger charge is 2.30. The van der Waals surface area contributed by atoms with E-state index >= 15 is 0 Å². The third-order valence-electron chi connectivity index (χ3n) is 5.14. The Hall–Kier alpha value is -2.08. The number of fused-ring (bicyclic) bond motifs is 1. The van der Waals surface area contributed by atoms with Gasteiger partial charge in [-0.05, 0) is 51.3 Å². The van der Waals surface area contributed by atoms with E-state index in [0.717, 1.165) is 42.9 Å². The van der Waals surface area contributed by atoms with Crippen LogP contribution in [0, 0.1) is 12.8 Å². The molecule has 1 aliphatic carbocycles. The highest BCUT2D eigenvalue weighted by molar-refractivity contribution is 5.94. The fourth-order valence-corrected chi connectivity index (χ4v) is 3.89. The molecule has 0 aliphatic heterocycles. The maximum absolute atomic E-state index is 12.7. The maximum Gasteiger partial charge on any atom is 0.272 e. The van der Waals surface area contributed by atoms with Crippen LogP contribution in [0.5, 0.6) is 0 Å². The molecule has 1 aliphatic rings. The van der Waals surface area contributed by atoms with Crippen LogP contribution in [0.4, 0.5) is 0 Å². The van der Waals surface area contributed by atoms with Crippen molar-refractivity contribution < 1.29 is 9.21 Å². The Balaban J connectivity index is 1.72. The van der Waals surface area contributed by atoms with Crippen molar-refractivity contribution in [2.45, 2.75) is 52.6 Å². The van der Waals surface area contributed by atoms with E-state index in [1.807, 2.05) is 30.8 Å². The van der Waals surface area contributed by atoms with Crippen molar-refractivity contribution in [3.8, 4) is 0 Å². The number of carbonyl (C=O) groups excluding carboxylic acids is 1. The lowest BCUT2D eigenvalue weighted by Gasteiger charge is -2.32. The van der Waals surface area contributed by atoms with Crippen molar-refractivity contribution in [2.24, 2.45) is 13.0 Å². The van der Waals surface area contributed by atoms with Crippen LogP contribution in [0.25, 0.3) is 0 Å². The predicted molar refractivity (Wildman–Crippen MR) is 101 cm³/mol. The van der Waals surface area contributed by atoms with E-state index in [4.69, 9.17) is 4.42 Å². The number of amides is 1. The second kappa shape index (κ2) is 7.66. The molecule has 0 saturated carbocycles. The molecule has 26 heavy (non-hydrogen) atoms. The molecule has 1 atom stereocenters. The molecule has 142 valence electrons. The Morgan fingerprint density at radius 2 is 2.23 bits per heavy atom. The van der Waals surface area contributed by atoms with Gasteiger partial charge in [-0.1, -0.05) is 13.8 Å². The minimum Gasteiger partial charge on any atom is -0.465 e. The zero-order valence-electron chi connectivity index (χ0n) is 16.5. The number of aryl methyl sites for hydroxylation is 2. The lowest BCUT2D eigenvalue weighted by Crippen LogP contribution is -2.39. The Bertz CT molecular complexity index is 775. The summed E-state index contributed by atoms with van der Waals surface area (Å²) < 4.78 is 7.40. The third kappa shape index (κ3) is 4.01. The first kappa shape index (κ1) is 18.7. The largest absolute Gasteiger partial charge is 0.465 e. The number of hydrogen-bond acceptors (Lipinski definition) is 4. The summed E-state index contributed by atoms with van der Waals surface area (Å²) in [5, 5.41) is 7.47. The first-order chi connectivity index (χ1) is 12.3. The lowest BCUT2D eigenvalue weighted by molar-refractivity contribution is 0.0940. The van der Waals surface area contributed by atoms with E-state index < -0.39 is 0 Å². The number of aromatic nitrogens is 2. The van der Waals surface area contributed by atoms with Gasteiger partial charge in [-0.2, -0.15) is 5.10 Å². The van der Waals surface area contributed by atoms with Gasteiger partial charge in [0, 0.05) is 30.9 Å². The summed E-state index contributed by atoms with van der Waals surface area (Å²) in [6.07, 6.45) is 2.97. The fraction of sp³-hybridized carbons (Fsp3) is 0.600. The van der Waals surface area contributed by atoms with Gasteiger partial charge in [0.05, 0.1) is 6.54 Å². The molecule has 0 fully saturated rings. The summed E-state index contributed by atoms with van der Waals surface area (Å²) in [4.78, 5) is 15.1. The molecule has 0 aromatic carbocycles. The van der Waals surface area contributed by atoms with Crippen LogP contribution in [0.1, 0.15) is 53.5 Å². The van der Waals surface area contributed by atoms with Crippen LogP contribution in [0.15, 0.2) is 16.5 Å². The van der Waals surface area contributed by atoms with Crippen molar-refractivity contribution in [1.82, 2.24) is 20.0 Å². The average molecular weight is 358 g/mol. The van der Waals surface area contributed by atoms with E-state index in [-0.39, 0.29) is 5.91 Å². The minimum absolute atomic E-state index is 0.122. The molecule has 0 saturated heterocycles. The minimum atomic E-state index is -0.122. The molecule has 6 heteroatoms. The number of rotatable bonds is 6. The van der Waals surface area contributed by atoms with Crippen molar-refractivity contribution in [2.75, 3.05) is 13.6 Å². The van der Waals surface area contributed by atoms with Gasteiger partial charge in [0.25, 0.3) is 5.91 Å². The summed E-state index contributed by atoms with van der Waals surface area (Å²) in [6.45, 7) is 7.83. The smallest absolute Gasteiger partial charge is 0.272 e. The summed E-state index contributed by atoms with van der Waals surface area (Å²) in [7, 11) is 4.12. The van der Waals surface area contributed by atoms with Crippen LogP contribution < -0.4 is 5.32 Å². The van der Waals surface area contributed by atoms with Crippen molar-refractivity contribution in [1.29, 1.82) is 0 Å². The van der Waals surface area contributed by atoms with Crippen LogP contribution in [0.3, 0.4) is 0 Å². The second-order valence-corrected chi connectivity index (χ2v) is 7.82. The Morgan fingerprint density at radius 3 is 2.88 bits per heavy atom. The number of hydrogen-bond donors (Lipinski definition) is 1. The van der Waals surface area contributed by atoms with Gasteiger partial charge < -0.3 is 14.6 Å². The summed E-state index contributed by atoms with van der Waals surface area (Å²) in [6, 6.07) is 4.26. The molecule has 0 unspecified atom stereocenters. The van der Waals surface area contributed by atoms with E-state index in [1.165, 1.54) is 5.69 Å². The van der Waals surface area contributed by atoms with Crippen molar-refractivity contribution in [3.63, 3.8) is 0 Å². The van der Waals surface area contributed by atoms with Gasteiger partial charge in [-0.25, -0.2) is 0 Å². The first-order valence-corrected chi connectivity index (χ1v) is 9.43. The molecule has 2 aromatic rings. The van der Waals surface area contributed by atoms with Crippen LogP contribution in [-0.4, -0.2) is 40.2 Å². The first-order valence-electron chi connectivity index (χ1n) is 9.43. The molecular weight excluding hydrogens is 328 g/mol. The standard InChI is InChI=1S/C20H30N4O2/c1-13(2)12-23(4)15-7-9-18-17(10-15)19(22-24(18)5)20(25)21-11-16-8-6-14(3)26-16/h6,8,13,15H,7,9-12H2,1-5H3,(H,21,25)/t15-/m0/s1. The van der Waals surface area contributed by atoms with Crippen LogP contribution in [-0.2, 0) is 26.4 Å². The molecular formula is C20H30N4O2. The molecule has 0 spiro atoms. The SMILES string of the molecule is Cc1ccc(CNC(=O)c2nn(C)c3c2C[C@@H](N(C)CC(C)C)CC3)o1. The molecule has 0 radical (unpaired) electrons. The topological polar surface area (TPSA) is 63.3 Å². The van der Waals surface area contributed by atoms with Gasteiger partial charge in [0.15, 0.2) is 5.69 Å². The van der Waals surface area contributed by atoms with E-state index in [1.54, 1.807) is 0 Å². The number of nitrogens with one attached hydrogen (secondary N) is 1. The van der Waals surface area contributed by atoms with Gasteiger partial charge in [-0.15, -0.1) is 0 Å². The third-order valence-corrected chi connectivity index (χ3v) is 5.14. The Kier molecular flexibility index (Phi) is 5.51. The zero-order chi connectivity index (χ0) is 18.8. The highest BCUT2D eigenvalue weighted by atomic mass is 16.3. The molecule has 3 rings (SSSR count). The zero-order valence-corrected chi connectivity index (χ0v) is 16.5. The summed E-state index contributed by atoms with van der Waals surface area (Å²) >= 11 is 0. The predicted octanol–water partition coefficient (Wildman–Crippen LogP) is 2.70. The van der Waals surface area contributed by atoms with E-state index in [0.29, 0.717) is 24.2 Å². The average Bonchev–Trinajstić information content (AvgIpc) is 3.15. The van der Waals surface area contributed by atoms with Crippen LogP contribution in [0.2, 0.25) is 0 Å². The number of furan rings is 1. The fourth-order valence-electron chi connectivity index (χ4n) is 3.89. The number of likely N-dealkylation sites (N-methyl/N-ethyl adjacent to an activating group) is 1. The molecule has 2 heterocycles. The quantitative estimate of drug-likeness (QED) is 0.862. The van der Waals surface area contributed by atoms with Crippen molar-refractivity contribution in [3.05, 3.63) is 40.6 Å². The number of carbonyl (C=O) groups is 1. The normalized spacial score (nSPS) is 17.0. The molecule has 1 amide bonds. The lowest BCUT2D eigenvalue weighted by atomic mass is 9.90. The molecule has 6 nitrogen and oxygen atoms in total. The summed E-state index contributed by atoms with van der Waals surface area (Å²) in [5.41, 5.74) is 2.86. The van der Waals surface area contributed by atoms with Gasteiger partial charge in [0.2, 0.25) is 0 Å². The van der Waals surface area contributed by atoms with E-state index in [2.05, 4.69) is 36.2 Å². The number of nitrogens with zero attached hydrogens (tertiary/aromatic N) is 3. The maximum atomic E-state index is 12.7. The van der Waals surface area contributed by atoms with Gasteiger partial charge in [0.1, 0.15) is 11.5 Å². The monoisotopic (exact) mass is 358 g/mol. The van der Waals surface area contributed by atoms with Crippen molar-refractivity contribution >= 4 is 5.91 Å². The second-order valence-electron chi connectivity index (χ2n) is 7.82. The highest BCUT2D eigenvalue weighted by Crippen LogP contribution is 2.27. The van der Waals surface area contributed by atoms with Gasteiger partial charge in [-0.3, -0.25) is 9.48 Å². The Morgan fingerprint density at radius 1 is 1.46 bits per heavy atom. The van der Waals surface area contributed by atoms with Gasteiger partial charge >= 0.3 is 0 Å². The molecule has 1 N–H and O–H groups in total. The van der Waals surface area contributed by atoms with Crippen LogP contribution >= 0.6 is 0 Å². The van der Waals surface area contributed by atoms with E-state index in [9.17, 15) is 4.79 Å².